The molecule has 2 rings (SSSR count). The zero-order valence-corrected chi connectivity index (χ0v) is 9.34. The molecule has 1 fully saturated rings. The van der Waals surface area contributed by atoms with Gasteiger partial charge in [-0.1, -0.05) is 19.1 Å². The fourth-order valence-electron chi connectivity index (χ4n) is 1.71. The van der Waals surface area contributed by atoms with Gasteiger partial charge < -0.3 is 4.90 Å². The van der Waals surface area contributed by atoms with Gasteiger partial charge >= 0.3 is 0 Å². The van der Waals surface area contributed by atoms with Gasteiger partial charge in [-0.15, -0.1) is 5.10 Å². The maximum absolute atomic E-state index is 11.8. The molecule has 0 atom stereocenters. The largest absolute Gasteiger partial charge is 0.336 e. The molecule has 0 aromatic carbocycles. The van der Waals surface area contributed by atoms with Crippen LogP contribution in [-0.4, -0.2) is 38.9 Å². The third kappa shape index (κ3) is 1.86. The van der Waals surface area contributed by atoms with Crippen molar-refractivity contribution in [2.45, 2.75) is 13.8 Å². The van der Waals surface area contributed by atoms with E-state index in [2.05, 4.69) is 24.2 Å². The van der Waals surface area contributed by atoms with E-state index in [9.17, 15) is 4.79 Å². The Kier molecular flexibility index (Phi) is 2.46. The first-order valence-corrected chi connectivity index (χ1v) is 5.23. The van der Waals surface area contributed by atoms with Gasteiger partial charge in [0.25, 0.3) is 5.91 Å². The summed E-state index contributed by atoms with van der Waals surface area (Å²) < 4.78 is 1.55. The highest BCUT2D eigenvalue weighted by Crippen LogP contribution is 2.24. The molecule has 0 radical (unpaired) electrons. The zero-order chi connectivity index (χ0) is 11.0. The van der Waals surface area contributed by atoms with Crippen molar-refractivity contribution < 1.29 is 4.79 Å². The summed E-state index contributed by atoms with van der Waals surface area (Å²) in [6, 6.07) is 0. The second-order valence-electron chi connectivity index (χ2n) is 4.49. The number of aryl methyl sites for hydroxylation is 1. The molecule has 5 nitrogen and oxygen atoms in total. The van der Waals surface area contributed by atoms with E-state index >= 15 is 0 Å². The summed E-state index contributed by atoms with van der Waals surface area (Å²) in [5.41, 5.74) is 0.444. The number of amides is 1. The van der Waals surface area contributed by atoms with Crippen LogP contribution in [-0.2, 0) is 7.05 Å². The number of hydrogen-bond acceptors (Lipinski definition) is 3. The van der Waals surface area contributed by atoms with E-state index in [1.807, 2.05) is 4.90 Å². The highest BCUT2D eigenvalue weighted by Gasteiger charge is 2.33. The summed E-state index contributed by atoms with van der Waals surface area (Å²) in [5.74, 6) is 1.29. The molecule has 1 aromatic rings. The maximum Gasteiger partial charge on any atom is 0.276 e. The van der Waals surface area contributed by atoms with Gasteiger partial charge in [0.2, 0.25) is 0 Å². The number of hydrogen-bond donors (Lipinski definition) is 0. The van der Waals surface area contributed by atoms with E-state index < -0.39 is 0 Å². The van der Waals surface area contributed by atoms with Crippen LogP contribution in [0.4, 0.5) is 0 Å². The van der Waals surface area contributed by atoms with Gasteiger partial charge in [-0.25, -0.2) is 0 Å². The molecule has 0 aliphatic carbocycles. The molecule has 1 aliphatic heterocycles. The molecule has 0 unspecified atom stereocenters. The van der Waals surface area contributed by atoms with Crippen molar-refractivity contribution in [1.82, 2.24) is 19.9 Å². The molecular formula is C10H16N4O. The summed E-state index contributed by atoms with van der Waals surface area (Å²) in [6.07, 6.45) is 1.66. The third-order valence-corrected chi connectivity index (χ3v) is 2.96. The molecule has 5 heteroatoms. The molecule has 15 heavy (non-hydrogen) atoms. The summed E-state index contributed by atoms with van der Waals surface area (Å²) in [7, 11) is 1.76. The van der Waals surface area contributed by atoms with E-state index in [-0.39, 0.29) is 5.91 Å². The van der Waals surface area contributed by atoms with Crippen LogP contribution in [0.3, 0.4) is 0 Å². The van der Waals surface area contributed by atoms with Crippen molar-refractivity contribution in [1.29, 1.82) is 0 Å². The summed E-state index contributed by atoms with van der Waals surface area (Å²) in [6.45, 7) is 6.09. The molecule has 0 bridgehead atoms. The highest BCUT2D eigenvalue weighted by atomic mass is 16.2. The van der Waals surface area contributed by atoms with Crippen LogP contribution < -0.4 is 0 Å². The Balaban J connectivity index is 1.95. The van der Waals surface area contributed by atoms with Crippen molar-refractivity contribution in [2.24, 2.45) is 18.9 Å². The van der Waals surface area contributed by atoms with E-state index in [0.717, 1.165) is 13.1 Å². The van der Waals surface area contributed by atoms with Crippen LogP contribution in [0.5, 0.6) is 0 Å². The quantitative estimate of drug-likeness (QED) is 0.713. The molecule has 2 heterocycles. The van der Waals surface area contributed by atoms with Crippen LogP contribution in [0, 0.1) is 11.8 Å². The minimum atomic E-state index is 0.000000000000000444. The lowest BCUT2D eigenvalue weighted by Crippen LogP contribution is -2.51. The topological polar surface area (TPSA) is 51.0 Å². The molecule has 0 saturated carbocycles. The molecular weight excluding hydrogens is 192 g/mol. The molecule has 1 amide bonds. The fourth-order valence-corrected chi connectivity index (χ4v) is 1.71. The molecule has 1 saturated heterocycles. The van der Waals surface area contributed by atoms with Gasteiger partial charge in [0.1, 0.15) is 0 Å². The third-order valence-electron chi connectivity index (χ3n) is 2.96. The maximum atomic E-state index is 11.8. The molecule has 0 N–H and O–H groups in total. The Morgan fingerprint density at radius 3 is 2.67 bits per heavy atom. The number of carbonyl (C=O) groups is 1. The smallest absolute Gasteiger partial charge is 0.276 e. The van der Waals surface area contributed by atoms with Crippen molar-refractivity contribution in [3.05, 3.63) is 11.9 Å². The average molecular weight is 208 g/mol. The first kappa shape index (κ1) is 10.1. The number of carbonyl (C=O) groups excluding carboxylic acids is 1. The zero-order valence-electron chi connectivity index (χ0n) is 9.34. The minimum absolute atomic E-state index is 0.000000000000000444. The van der Waals surface area contributed by atoms with Gasteiger partial charge in [0.05, 0.1) is 6.20 Å². The van der Waals surface area contributed by atoms with Crippen LogP contribution in [0.1, 0.15) is 24.3 Å². The van der Waals surface area contributed by atoms with Crippen LogP contribution in [0.15, 0.2) is 6.20 Å². The van der Waals surface area contributed by atoms with Gasteiger partial charge in [-0.05, 0) is 11.8 Å². The van der Waals surface area contributed by atoms with Crippen molar-refractivity contribution in [3.63, 3.8) is 0 Å². The normalized spacial score (nSPS) is 16.9. The summed E-state index contributed by atoms with van der Waals surface area (Å²) in [4.78, 5) is 13.6. The van der Waals surface area contributed by atoms with E-state index in [0.29, 0.717) is 17.5 Å². The molecule has 1 aromatic heterocycles. The SMILES string of the molecule is CC(C)C1CN(C(=O)c2cn(C)nn2)C1. The van der Waals surface area contributed by atoms with Gasteiger partial charge in [0.15, 0.2) is 5.69 Å². The summed E-state index contributed by atoms with van der Waals surface area (Å²) >= 11 is 0. The Labute approximate surface area is 89.1 Å². The number of likely N-dealkylation sites (tertiary alicyclic amines) is 1. The second-order valence-corrected chi connectivity index (χ2v) is 4.49. The Bertz CT molecular complexity index is 365. The first-order valence-electron chi connectivity index (χ1n) is 5.23. The predicted molar refractivity (Wildman–Crippen MR) is 55.2 cm³/mol. The van der Waals surface area contributed by atoms with E-state index in [1.165, 1.54) is 0 Å². The van der Waals surface area contributed by atoms with Gasteiger partial charge in [-0.3, -0.25) is 9.48 Å². The Hall–Kier alpha value is -1.39. The Morgan fingerprint density at radius 2 is 2.20 bits per heavy atom. The number of aromatic nitrogens is 3. The number of rotatable bonds is 2. The lowest BCUT2D eigenvalue weighted by molar-refractivity contribution is 0.0401. The number of nitrogens with zero attached hydrogens (tertiary/aromatic N) is 4. The van der Waals surface area contributed by atoms with Crippen LogP contribution in [0.2, 0.25) is 0 Å². The average Bonchev–Trinajstić information content (AvgIpc) is 2.48. The first-order chi connectivity index (χ1) is 7.08. The monoisotopic (exact) mass is 208 g/mol. The van der Waals surface area contributed by atoms with E-state index in [4.69, 9.17) is 0 Å². The van der Waals surface area contributed by atoms with E-state index in [1.54, 1.807) is 17.9 Å². The molecule has 1 aliphatic rings. The molecule has 0 spiro atoms. The lowest BCUT2D eigenvalue weighted by atomic mass is 9.88. The lowest BCUT2D eigenvalue weighted by Gasteiger charge is -2.41. The summed E-state index contributed by atoms with van der Waals surface area (Å²) in [5, 5.41) is 7.56. The Morgan fingerprint density at radius 1 is 1.53 bits per heavy atom. The van der Waals surface area contributed by atoms with Crippen LogP contribution >= 0.6 is 0 Å². The van der Waals surface area contributed by atoms with Crippen molar-refractivity contribution >= 4 is 5.91 Å². The standard InChI is InChI=1S/C10H16N4O/c1-7(2)8-4-14(5-8)10(15)9-6-13(3)12-11-9/h6-8H,4-5H2,1-3H3. The predicted octanol–water partition coefficient (Wildman–Crippen LogP) is 0.543. The van der Waals surface area contributed by atoms with Gasteiger partial charge in [-0.2, -0.15) is 0 Å². The van der Waals surface area contributed by atoms with Crippen molar-refractivity contribution in [2.75, 3.05) is 13.1 Å². The second kappa shape index (κ2) is 3.64. The minimum Gasteiger partial charge on any atom is -0.336 e. The van der Waals surface area contributed by atoms with Crippen molar-refractivity contribution in [3.8, 4) is 0 Å². The highest BCUT2D eigenvalue weighted by molar-refractivity contribution is 5.92. The molecule has 82 valence electrons. The van der Waals surface area contributed by atoms with Crippen LogP contribution in [0.25, 0.3) is 0 Å². The fraction of sp³-hybridized carbons (Fsp3) is 0.700. The van der Waals surface area contributed by atoms with Gasteiger partial charge in [0, 0.05) is 20.1 Å².